The van der Waals surface area contributed by atoms with E-state index in [9.17, 15) is 9.59 Å². The van der Waals surface area contributed by atoms with Crippen LogP contribution in [0.3, 0.4) is 0 Å². The molecule has 1 atom stereocenters. The van der Waals surface area contributed by atoms with Crippen molar-refractivity contribution in [2.75, 3.05) is 52.6 Å². The molecule has 1 aromatic rings. The average molecular weight is 390 g/mol. The summed E-state index contributed by atoms with van der Waals surface area (Å²) in [5, 5.41) is 0. The summed E-state index contributed by atoms with van der Waals surface area (Å²) in [4.78, 5) is 32.8. The lowest BCUT2D eigenvalue weighted by atomic mass is 9.92. The molecule has 6 heteroatoms. The highest BCUT2D eigenvalue weighted by atomic mass is 32.2. The summed E-state index contributed by atoms with van der Waals surface area (Å²) in [6, 6.07) is 7.84. The van der Waals surface area contributed by atoms with Crippen LogP contribution in [-0.4, -0.2) is 79.1 Å². The third-order valence-corrected chi connectivity index (χ3v) is 6.56. The lowest BCUT2D eigenvalue weighted by Crippen LogP contribution is -2.47. The van der Waals surface area contributed by atoms with Gasteiger partial charge in [-0.2, -0.15) is 0 Å². The minimum atomic E-state index is 0.134. The molecule has 2 amide bonds. The Morgan fingerprint density at radius 1 is 1.07 bits per heavy atom. The van der Waals surface area contributed by atoms with Gasteiger partial charge in [0.1, 0.15) is 0 Å². The van der Waals surface area contributed by atoms with Crippen LogP contribution in [0.2, 0.25) is 0 Å². The third-order valence-electron chi connectivity index (χ3n) is 5.77. The van der Waals surface area contributed by atoms with Gasteiger partial charge in [-0.05, 0) is 50.6 Å². The molecule has 2 fully saturated rings. The second kappa shape index (κ2) is 9.60. The van der Waals surface area contributed by atoms with Crippen molar-refractivity contribution < 1.29 is 9.59 Å². The van der Waals surface area contributed by atoms with Gasteiger partial charge in [-0.25, -0.2) is 0 Å². The Morgan fingerprint density at radius 2 is 1.81 bits per heavy atom. The monoisotopic (exact) mass is 389 g/mol. The first-order valence-electron chi connectivity index (χ1n) is 9.97. The normalized spacial score (nSPS) is 21.3. The van der Waals surface area contributed by atoms with Crippen molar-refractivity contribution >= 4 is 23.6 Å². The van der Waals surface area contributed by atoms with Crippen molar-refractivity contribution in [3.8, 4) is 0 Å². The predicted molar refractivity (Wildman–Crippen MR) is 110 cm³/mol. The molecule has 5 nitrogen and oxygen atoms in total. The summed E-state index contributed by atoms with van der Waals surface area (Å²) in [6.45, 7) is 5.22. The number of amides is 2. The molecule has 2 saturated heterocycles. The summed E-state index contributed by atoms with van der Waals surface area (Å²) in [7, 11) is 2.10. The highest BCUT2D eigenvalue weighted by molar-refractivity contribution is 7.98. The molecular formula is C21H31N3O2S. The SMILES string of the molecule is CSc1ccccc1C(=O)N1CCC[C@@H](CCC(=O)N2CCN(C)CC2)C1. The quantitative estimate of drug-likeness (QED) is 0.727. The number of nitrogens with zero attached hydrogens (tertiary/aromatic N) is 3. The van der Waals surface area contributed by atoms with Gasteiger partial charge in [0.15, 0.2) is 0 Å². The maximum atomic E-state index is 13.0. The second-order valence-corrected chi connectivity index (χ2v) is 8.53. The van der Waals surface area contributed by atoms with Crippen molar-refractivity contribution in [3.05, 3.63) is 29.8 Å². The molecular weight excluding hydrogens is 358 g/mol. The van der Waals surface area contributed by atoms with E-state index in [1.807, 2.05) is 40.3 Å². The van der Waals surface area contributed by atoms with Crippen molar-refractivity contribution in [2.45, 2.75) is 30.6 Å². The number of likely N-dealkylation sites (tertiary alicyclic amines) is 1. The smallest absolute Gasteiger partial charge is 0.254 e. The van der Waals surface area contributed by atoms with E-state index in [4.69, 9.17) is 0 Å². The molecule has 1 aromatic carbocycles. The van der Waals surface area contributed by atoms with Crippen LogP contribution in [-0.2, 0) is 4.79 Å². The van der Waals surface area contributed by atoms with Gasteiger partial charge in [-0.1, -0.05) is 12.1 Å². The van der Waals surface area contributed by atoms with Gasteiger partial charge in [0.25, 0.3) is 5.91 Å². The molecule has 3 rings (SSSR count). The van der Waals surface area contributed by atoms with Crippen molar-refractivity contribution in [2.24, 2.45) is 5.92 Å². The summed E-state index contributed by atoms with van der Waals surface area (Å²) in [5.74, 6) is 0.842. The topological polar surface area (TPSA) is 43.9 Å². The molecule has 2 heterocycles. The van der Waals surface area contributed by atoms with Gasteiger partial charge < -0.3 is 14.7 Å². The van der Waals surface area contributed by atoms with Gasteiger partial charge in [0.2, 0.25) is 5.91 Å². The molecule has 2 aliphatic heterocycles. The van der Waals surface area contributed by atoms with Crippen LogP contribution >= 0.6 is 11.8 Å². The minimum Gasteiger partial charge on any atom is -0.340 e. The van der Waals surface area contributed by atoms with E-state index in [-0.39, 0.29) is 11.8 Å². The first-order valence-corrected chi connectivity index (χ1v) is 11.2. The van der Waals surface area contributed by atoms with E-state index in [0.717, 1.165) is 69.0 Å². The predicted octanol–water partition coefficient (Wildman–Crippen LogP) is 2.81. The molecule has 0 spiro atoms. The van der Waals surface area contributed by atoms with Crippen molar-refractivity contribution in [3.63, 3.8) is 0 Å². The zero-order valence-corrected chi connectivity index (χ0v) is 17.3. The highest BCUT2D eigenvalue weighted by Gasteiger charge is 2.27. The number of benzene rings is 1. The maximum absolute atomic E-state index is 13.0. The van der Waals surface area contributed by atoms with Crippen LogP contribution in [0.25, 0.3) is 0 Å². The Hall–Kier alpha value is -1.53. The number of piperazine rings is 1. The highest BCUT2D eigenvalue weighted by Crippen LogP contribution is 2.26. The summed E-state index contributed by atoms with van der Waals surface area (Å²) in [6.07, 6.45) is 5.65. The number of carbonyl (C=O) groups excluding carboxylic acids is 2. The van der Waals surface area contributed by atoms with Gasteiger partial charge in [-0.3, -0.25) is 9.59 Å². The van der Waals surface area contributed by atoms with Crippen LogP contribution in [0, 0.1) is 5.92 Å². The molecule has 2 aliphatic rings. The number of likely N-dealkylation sites (N-methyl/N-ethyl adjacent to an activating group) is 1. The lowest BCUT2D eigenvalue weighted by Gasteiger charge is -2.35. The van der Waals surface area contributed by atoms with Gasteiger partial charge in [0.05, 0.1) is 5.56 Å². The van der Waals surface area contributed by atoms with Crippen LogP contribution in [0.5, 0.6) is 0 Å². The maximum Gasteiger partial charge on any atom is 0.254 e. The molecule has 0 unspecified atom stereocenters. The number of hydrogen-bond acceptors (Lipinski definition) is 4. The van der Waals surface area contributed by atoms with E-state index in [1.165, 1.54) is 0 Å². The fourth-order valence-electron chi connectivity index (χ4n) is 4.02. The molecule has 0 radical (unpaired) electrons. The van der Waals surface area contributed by atoms with E-state index < -0.39 is 0 Å². The number of hydrogen-bond donors (Lipinski definition) is 0. The number of piperidine rings is 1. The number of thioether (sulfide) groups is 1. The Balaban J connectivity index is 1.52. The Kier molecular flexibility index (Phi) is 7.19. The third kappa shape index (κ3) is 5.26. The molecule has 0 N–H and O–H groups in total. The molecule has 0 bridgehead atoms. The molecule has 0 aromatic heterocycles. The lowest BCUT2D eigenvalue weighted by molar-refractivity contribution is -0.133. The van der Waals surface area contributed by atoms with Crippen LogP contribution in [0.1, 0.15) is 36.0 Å². The fourth-order valence-corrected chi connectivity index (χ4v) is 4.61. The van der Waals surface area contributed by atoms with Gasteiger partial charge in [0, 0.05) is 50.6 Å². The Labute approximate surface area is 167 Å². The molecule has 0 saturated carbocycles. The minimum absolute atomic E-state index is 0.134. The van der Waals surface area contributed by atoms with Crippen LogP contribution in [0.15, 0.2) is 29.2 Å². The van der Waals surface area contributed by atoms with E-state index >= 15 is 0 Å². The fraction of sp³-hybridized carbons (Fsp3) is 0.619. The zero-order chi connectivity index (χ0) is 19.2. The van der Waals surface area contributed by atoms with Crippen molar-refractivity contribution in [1.29, 1.82) is 0 Å². The largest absolute Gasteiger partial charge is 0.340 e. The summed E-state index contributed by atoms with van der Waals surface area (Å²) in [5.41, 5.74) is 0.805. The summed E-state index contributed by atoms with van der Waals surface area (Å²) >= 11 is 1.62. The zero-order valence-electron chi connectivity index (χ0n) is 16.5. The van der Waals surface area contributed by atoms with E-state index in [1.54, 1.807) is 11.8 Å². The second-order valence-electron chi connectivity index (χ2n) is 7.68. The first-order chi connectivity index (χ1) is 13.1. The van der Waals surface area contributed by atoms with E-state index in [0.29, 0.717) is 12.3 Å². The number of rotatable bonds is 5. The molecule has 0 aliphatic carbocycles. The standard InChI is InChI=1S/C21H31N3O2S/c1-22-12-14-23(15-13-22)20(25)10-9-17-6-5-11-24(16-17)21(26)18-7-3-4-8-19(18)27-2/h3-4,7-8,17H,5-6,9-16H2,1-2H3/t17-/m0/s1. The average Bonchev–Trinajstić information content (AvgIpc) is 2.72. The number of carbonyl (C=O) groups is 2. The molecule has 27 heavy (non-hydrogen) atoms. The molecule has 148 valence electrons. The first kappa shape index (κ1) is 20.2. The van der Waals surface area contributed by atoms with Gasteiger partial charge >= 0.3 is 0 Å². The Bertz CT molecular complexity index is 659. The Morgan fingerprint density at radius 3 is 2.56 bits per heavy atom. The van der Waals surface area contributed by atoms with E-state index in [2.05, 4.69) is 11.9 Å². The van der Waals surface area contributed by atoms with Crippen LogP contribution in [0.4, 0.5) is 0 Å². The summed E-state index contributed by atoms with van der Waals surface area (Å²) < 4.78 is 0. The van der Waals surface area contributed by atoms with Crippen LogP contribution < -0.4 is 0 Å². The van der Waals surface area contributed by atoms with Gasteiger partial charge in [-0.15, -0.1) is 11.8 Å². The van der Waals surface area contributed by atoms with Crippen molar-refractivity contribution in [1.82, 2.24) is 14.7 Å².